The number of nitrogens with zero attached hydrogens (tertiary/aromatic N) is 1. The summed E-state index contributed by atoms with van der Waals surface area (Å²) in [5, 5.41) is 9.11. The average Bonchev–Trinajstić information content (AvgIpc) is 3.35. The van der Waals surface area contributed by atoms with Gasteiger partial charge in [0.25, 0.3) is 5.91 Å². The van der Waals surface area contributed by atoms with Gasteiger partial charge in [-0.15, -0.1) is 24.0 Å². The number of aliphatic imine (C=N–C) groups is 1. The van der Waals surface area contributed by atoms with Gasteiger partial charge in [0.2, 0.25) is 0 Å². The fraction of sp³-hybridized carbons (Fsp3) is 0.444. The SMILES string of the molecule is CCNC(=NCCCOCc1ccco1)NCCNC(=O)c1ccco1.I. The number of hydrogen-bond acceptors (Lipinski definition) is 5. The Morgan fingerprint density at radius 1 is 1.11 bits per heavy atom. The van der Waals surface area contributed by atoms with Gasteiger partial charge in [-0.05, 0) is 37.6 Å². The van der Waals surface area contributed by atoms with E-state index in [4.69, 9.17) is 13.6 Å². The molecule has 2 rings (SSSR count). The molecule has 0 radical (unpaired) electrons. The Bertz CT molecular complexity index is 644. The highest BCUT2D eigenvalue weighted by Crippen LogP contribution is 2.02. The molecule has 0 aliphatic carbocycles. The molecule has 2 aromatic rings. The number of carbonyl (C=O) groups excluding carboxylic acids is 1. The molecule has 0 aromatic carbocycles. The number of guanidine groups is 1. The minimum Gasteiger partial charge on any atom is -0.467 e. The molecule has 2 aromatic heterocycles. The Kier molecular flexibility index (Phi) is 12.0. The molecule has 1 amide bonds. The summed E-state index contributed by atoms with van der Waals surface area (Å²) in [5.41, 5.74) is 0. The summed E-state index contributed by atoms with van der Waals surface area (Å²) < 4.78 is 15.8. The number of nitrogens with one attached hydrogen (secondary N) is 3. The Balaban J connectivity index is 0.00000364. The summed E-state index contributed by atoms with van der Waals surface area (Å²) >= 11 is 0. The Morgan fingerprint density at radius 2 is 1.89 bits per heavy atom. The van der Waals surface area contributed by atoms with E-state index < -0.39 is 0 Å². The predicted molar refractivity (Wildman–Crippen MR) is 113 cm³/mol. The lowest BCUT2D eigenvalue weighted by molar-refractivity contribution is 0.0926. The van der Waals surface area contributed by atoms with Gasteiger partial charge in [0.05, 0.1) is 12.5 Å². The van der Waals surface area contributed by atoms with Crippen LogP contribution in [-0.4, -0.2) is 44.7 Å². The summed E-state index contributed by atoms with van der Waals surface area (Å²) in [6.45, 7) is 5.53. The topological polar surface area (TPSA) is 101 Å². The molecule has 8 nitrogen and oxygen atoms in total. The first-order valence-electron chi connectivity index (χ1n) is 8.73. The van der Waals surface area contributed by atoms with Crippen LogP contribution in [0.25, 0.3) is 0 Å². The first kappa shape index (κ1) is 23.0. The van der Waals surface area contributed by atoms with Crippen LogP contribution in [0, 0.1) is 0 Å². The van der Waals surface area contributed by atoms with Crippen molar-refractivity contribution in [3.05, 3.63) is 48.3 Å². The van der Waals surface area contributed by atoms with Crippen molar-refractivity contribution >= 4 is 35.8 Å². The van der Waals surface area contributed by atoms with E-state index in [1.54, 1.807) is 18.4 Å². The van der Waals surface area contributed by atoms with Crippen LogP contribution in [0.4, 0.5) is 0 Å². The zero-order valence-electron chi connectivity index (χ0n) is 15.4. The highest BCUT2D eigenvalue weighted by Gasteiger charge is 2.06. The molecule has 0 unspecified atom stereocenters. The van der Waals surface area contributed by atoms with E-state index >= 15 is 0 Å². The Labute approximate surface area is 176 Å². The van der Waals surface area contributed by atoms with Gasteiger partial charge in [-0.1, -0.05) is 0 Å². The zero-order chi connectivity index (χ0) is 18.5. The minimum atomic E-state index is -0.229. The summed E-state index contributed by atoms with van der Waals surface area (Å²) in [4.78, 5) is 16.2. The van der Waals surface area contributed by atoms with E-state index in [-0.39, 0.29) is 29.9 Å². The van der Waals surface area contributed by atoms with Crippen LogP contribution < -0.4 is 16.0 Å². The van der Waals surface area contributed by atoms with Crippen molar-refractivity contribution < 1.29 is 18.4 Å². The number of hydrogen-bond donors (Lipinski definition) is 3. The van der Waals surface area contributed by atoms with Crippen molar-refractivity contribution in [1.82, 2.24) is 16.0 Å². The van der Waals surface area contributed by atoms with Gasteiger partial charge in [0, 0.05) is 32.8 Å². The minimum absolute atomic E-state index is 0. The van der Waals surface area contributed by atoms with Crippen molar-refractivity contribution in [2.24, 2.45) is 4.99 Å². The molecule has 0 atom stereocenters. The molecule has 0 aliphatic rings. The molecule has 0 spiro atoms. The highest BCUT2D eigenvalue weighted by molar-refractivity contribution is 14.0. The molecule has 150 valence electrons. The molecule has 3 N–H and O–H groups in total. The third kappa shape index (κ3) is 9.48. The van der Waals surface area contributed by atoms with Crippen molar-refractivity contribution in [1.29, 1.82) is 0 Å². The first-order valence-corrected chi connectivity index (χ1v) is 8.73. The molecule has 27 heavy (non-hydrogen) atoms. The van der Waals surface area contributed by atoms with Crippen molar-refractivity contribution in [2.75, 3.05) is 32.8 Å². The number of furan rings is 2. The van der Waals surface area contributed by atoms with Gasteiger partial charge in [-0.2, -0.15) is 0 Å². The second-order valence-electron chi connectivity index (χ2n) is 5.41. The van der Waals surface area contributed by atoms with Gasteiger partial charge in [-0.3, -0.25) is 9.79 Å². The van der Waals surface area contributed by atoms with Gasteiger partial charge >= 0.3 is 0 Å². The number of rotatable bonds is 11. The molecule has 2 heterocycles. The van der Waals surface area contributed by atoms with Gasteiger partial charge in [0.1, 0.15) is 12.4 Å². The van der Waals surface area contributed by atoms with E-state index in [1.807, 2.05) is 19.1 Å². The lowest BCUT2D eigenvalue weighted by atomic mass is 10.4. The summed E-state index contributed by atoms with van der Waals surface area (Å²) in [6, 6.07) is 7.04. The molecular weight excluding hydrogens is 463 g/mol. The molecule has 9 heteroatoms. The molecule has 0 bridgehead atoms. The normalized spacial score (nSPS) is 10.9. The second kappa shape index (κ2) is 14.1. The van der Waals surface area contributed by atoms with Crippen LogP contribution in [0.3, 0.4) is 0 Å². The first-order chi connectivity index (χ1) is 12.8. The maximum Gasteiger partial charge on any atom is 0.287 e. The monoisotopic (exact) mass is 490 g/mol. The quantitative estimate of drug-likeness (QED) is 0.194. The number of amides is 1. The number of halogens is 1. The third-order valence-electron chi connectivity index (χ3n) is 3.33. The van der Waals surface area contributed by atoms with Gasteiger partial charge in [-0.25, -0.2) is 0 Å². The Morgan fingerprint density at radius 3 is 2.59 bits per heavy atom. The van der Waals surface area contributed by atoms with Crippen molar-refractivity contribution in [3.63, 3.8) is 0 Å². The smallest absolute Gasteiger partial charge is 0.287 e. The second-order valence-corrected chi connectivity index (χ2v) is 5.41. The summed E-state index contributed by atoms with van der Waals surface area (Å²) in [7, 11) is 0. The van der Waals surface area contributed by atoms with Crippen LogP contribution in [0.5, 0.6) is 0 Å². The molecule has 0 saturated heterocycles. The maximum atomic E-state index is 11.7. The maximum absolute atomic E-state index is 11.7. The van der Waals surface area contributed by atoms with E-state index in [1.165, 1.54) is 6.26 Å². The third-order valence-corrected chi connectivity index (χ3v) is 3.33. The van der Waals surface area contributed by atoms with E-state index in [0.717, 1.165) is 18.7 Å². The fourth-order valence-electron chi connectivity index (χ4n) is 2.12. The zero-order valence-corrected chi connectivity index (χ0v) is 17.7. The van der Waals surface area contributed by atoms with Crippen LogP contribution >= 0.6 is 24.0 Å². The van der Waals surface area contributed by atoms with E-state index in [9.17, 15) is 4.79 Å². The average molecular weight is 490 g/mol. The Hall–Kier alpha value is -2.01. The molecule has 0 fully saturated rings. The predicted octanol–water partition coefficient (Wildman–Crippen LogP) is 2.38. The lowest BCUT2D eigenvalue weighted by Gasteiger charge is -2.11. The van der Waals surface area contributed by atoms with E-state index in [2.05, 4.69) is 20.9 Å². The van der Waals surface area contributed by atoms with Crippen molar-refractivity contribution in [3.8, 4) is 0 Å². The highest BCUT2D eigenvalue weighted by atomic mass is 127. The molecule has 0 aliphatic heterocycles. The number of ether oxygens (including phenoxy) is 1. The number of carbonyl (C=O) groups is 1. The van der Waals surface area contributed by atoms with E-state index in [0.29, 0.717) is 44.6 Å². The summed E-state index contributed by atoms with van der Waals surface area (Å²) in [6.07, 6.45) is 3.92. The van der Waals surface area contributed by atoms with Crippen LogP contribution in [-0.2, 0) is 11.3 Å². The lowest BCUT2D eigenvalue weighted by Crippen LogP contribution is -2.41. The van der Waals surface area contributed by atoms with Crippen LogP contribution in [0.2, 0.25) is 0 Å². The summed E-state index contributed by atoms with van der Waals surface area (Å²) in [5.74, 6) is 1.61. The standard InChI is InChI=1S/C18H26N4O4.HI/c1-2-19-18(21-8-5-11-24-14-15-6-3-12-25-15)22-10-9-20-17(23)16-7-4-13-26-16;/h3-4,6-7,12-13H,2,5,8-11,14H2,1H3,(H,20,23)(H2,19,21,22);1H. The fourth-order valence-corrected chi connectivity index (χ4v) is 2.12. The van der Waals surface area contributed by atoms with Gasteiger partial charge < -0.3 is 29.5 Å². The largest absolute Gasteiger partial charge is 0.467 e. The van der Waals surface area contributed by atoms with Gasteiger partial charge in [0.15, 0.2) is 11.7 Å². The van der Waals surface area contributed by atoms with Crippen LogP contribution in [0.1, 0.15) is 29.7 Å². The van der Waals surface area contributed by atoms with Crippen LogP contribution in [0.15, 0.2) is 50.6 Å². The molecular formula is C18H27IN4O4. The molecule has 0 saturated carbocycles. The van der Waals surface area contributed by atoms with Crippen molar-refractivity contribution in [2.45, 2.75) is 20.0 Å².